The first-order chi connectivity index (χ1) is 14.8. The molecule has 0 spiro atoms. The van der Waals surface area contributed by atoms with Crippen molar-refractivity contribution < 1.29 is 18.0 Å². The van der Waals surface area contributed by atoms with Gasteiger partial charge in [0.15, 0.2) is 0 Å². The van der Waals surface area contributed by atoms with E-state index in [0.717, 1.165) is 6.07 Å². The van der Waals surface area contributed by atoms with E-state index in [1.807, 2.05) is 6.07 Å². The summed E-state index contributed by atoms with van der Waals surface area (Å²) < 4.78 is 38.7. The summed E-state index contributed by atoms with van der Waals surface area (Å²) >= 11 is 0. The molecule has 4 rings (SSSR count). The second kappa shape index (κ2) is 8.22. The van der Waals surface area contributed by atoms with E-state index in [9.17, 15) is 18.0 Å². The number of nitrogens with zero attached hydrogens (tertiary/aromatic N) is 4. The zero-order valence-electron chi connectivity index (χ0n) is 16.4. The minimum Gasteiger partial charge on any atom is -0.367 e. The molecule has 1 N–H and O–H groups in total. The fourth-order valence-corrected chi connectivity index (χ4v) is 3.65. The predicted octanol–water partition coefficient (Wildman–Crippen LogP) is 4.24. The second-order valence-electron chi connectivity index (χ2n) is 7.32. The summed E-state index contributed by atoms with van der Waals surface area (Å²) in [4.78, 5) is 22.4. The molecular formula is C22H18F3N5O. The third-order valence-electron chi connectivity index (χ3n) is 5.27. The van der Waals surface area contributed by atoms with Gasteiger partial charge in [-0.3, -0.25) is 4.79 Å². The van der Waals surface area contributed by atoms with Crippen LogP contribution in [0.5, 0.6) is 0 Å². The molecule has 6 nitrogen and oxygen atoms in total. The summed E-state index contributed by atoms with van der Waals surface area (Å²) in [5.74, 6) is 0.355. The number of aromatic nitrogens is 2. The Balaban J connectivity index is 1.44. The molecule has 0 saturated carbocycles. The number of halogens is 3. The molecule has 3 aromatic rings. The van der Waals surface area contributed by atoms with Crippen LogP contribution in [0.25, 0.3) is 10.9 Å². The molecule has 9 heteroatoms. The lowest BCUT2D eigenvalue weighted by molar-refractivity contribution is -0.140. The minimum absolute atomic E-state index is 0.0230. The highest BCUT2D eigenvalue weighted by atomic mass is 19.4. The van der Waals surface area contributed by atoms with Crippen molar-refractivity contribution in [2.75, 3.05) is 18.4 Å². The van der Waals surface area contributed by atoms with Crippen LogP contribution in [-0.4, -0.2) is 39.9 Å². The first kappa shape index (κ1) is 20.6. The summed E-state index contributed by atoms with van der Waals surface area (Å²) in [5, 5.41) is 12.8. The number of nitriles is 1. The molecule has 1 aliphatic heterocycles. The molecule has 31 heavy (non-hydrogen) atoms. The van der Waals surface area contributed by atoms with Crippen LogP contribution >= 0.6 is 0 Å². The van der Waals surface area contributed by atoms with Crippen LogP contribution in [0, 0.1) is 11.3 Å². The van der Waals surface area contributed by atoms with Crippen molar-refractivity contribution in [2.24, 2.45) is 0 Å². The molecule has 1 fully saturated rings. The largest absolute Gasteiger partial charge is 0.433 e. The molecule has 1 aromatic carbocycles. The maximum atomic E-state index is 12.9. The summed E-state index contributed by atoms with van der Waals surface area (Å²) in [6.07, 6.45) is -1.75. The van der Waals surface area contributed by atoms with Gasteiger partial charge in [0.2, 0.25) is 0 Å². The lowest BCUT2D eigenvalue weighted by atomic mass is 10.0. The Morgan fingerprint density at radius 2 is 1.94 bits per heavy atom. The maximum Gasteiger partial charge on any atom is 0.433 e. The van der Waals surface area contributed by atoms with E-state index in [2.05, 4.69) is 15.3 Å². The Kier molecular flexibility index (Phi) is 5.46. The topological polar surface area (TPSA) is 81.9 Å². The van der Waals surface area contributed by atoms with Gasteiger partial charge in [0.1, 0.15) is 11.5 Å². The number of fused-ring (bicyclic) bond motifs is 1. The summed E-state index contributed by atoms with van der Waals surface area (Å²) in [6.45, 7) is 1.04. The second-order valence-corrected chi connectivity index (χ2v) is 7.32. The van der Waals surface area contributed by atoms with Crippen molar-refractivity contribution in [3.8, 4) is 6.07 Å². The summed E-state index contributed by atoms with van der Waals surface area (Å²) in [5.41, 5.74) is 0.196. The molecule has 2 aromatic heterocycles. The number of pyridine rings is 2. The van der Waals surface area contributed by atoms with Crippen LogP contribution < -0.4 is 5.32 Å². The fraction of sp³-hybridized carbons (Fsp3) is 0.273. The first-order valence-corrected chi connectivity index (χ1v) is 9.74. The van der Waals surface area contributed by atoms with Crippen molar-refractivity contribution in [1.29, 1.82) is 5.26 Å². The molecule has 1 amide bonds. The van der Waals surface area contributed by atoms with Gasteiger partial charge in [0, 0.05) is 36.3 Å². The van der Waals surface area contributed by atoms with E-state index in [4.69, 9.17) is 5.26 Å². The first-order valence-electron chi connectivity index (χ1n) is 9.74. The molecule has 0 aliphatic carbocycles. The average molecular weight is 425 g/mol. The van der Waals surface area contributed by atoms with Crippen LogP contribution in [0.1, 0.15) is 34.5 Å². The number of amides is 1. The van der Waals surface area contributed by atoms with Gasteiger partial charge in [-0.15, -0.1) is 0 Å². The Morgan fingerprint density at radius 3 is 2.65 bits per heavy atom. The number of rotatable bonds is 3. The van der Waals surface area contributed by atoms with Crippen LogP contribution in [0.4, 0.5) is 19.0 Å². The van der Waals surface area contributed by atoms with Crippen molar-refractivity contribution in [3.63, 3.8) is 0 Å². The summed E-state index contributed by atoms with van der Waals surface area (Å²) in [6, 6.07) is 12.4. The minimum atomic E-state index is -4.50. The number of benzene rings is 1. The molecule has 0 radical (unpaired) electrons. The van der Waals surface area contributed by atoms with Gasteiger partial charge in [-0.25, -0.2) is 9.97 Å². The average Bonchev–Trinajstić information content (AvgIpc) is 2.78. The number of carbonyl (C=O) groups excluding carboxylic acids is 1. The number of likely N-dealkylation sites (tertiary alicyclic amines) is 1. The monoisotopic (exact) mass is 425 g/mol. The van der Waals surface area contributed by atoms with Gasteiger partial charge < -0.3 is 10.2 Å². The molecule has 0 bridgehead atoms. The molecule has 0 unspecified atom stereocenters. The molecule has 1 saturated heterocycles. The third kappa shape index (κ3) is 4.43. The normalized spacial score (nSPS) is 15.0. The van der Waals surface area contributed by atoms with Gasteiger partial charge >= 0.3 is 6.18 Å². The zero-order valence-corrected chi connectivity index (χ0v) is 16.4. The van der Waals surface area contributed by atoms with Gasteiger partial charge in [0.25, 0.3) is 5.91 Å². The van der Waals surface area contributed by atoms with E-state index in [1.165, 1.54) is 18.3 Å². The fourth-order valence-electron chi connectivity index (χ4n) is 3.65. The number of piperidine rings is 1. The van der Waals surface area contributed by atoms with Gasteiger partial charge in [-0.05, 0) is 49.2 Å². The van der Waals surface area contributed by atoms with E-state index in [0.29, 0.717) is 48.3 Å². The highest BCUT2D eigenvalue weighted by Crippen LogP contribution is 2.30. The van der Waals surface area contributed by atoms with Gasteiger partial charge in [0.05, 0.1) is 17.1 Å². The van der Waals surface area contributed by atoms with Crippen molar-refractivity contribution in [1.82, 2.24) is 14.9 Å². The van der Waals surface area contributed by atoms with Crippen molar-refractivity contribution in [3.05, 3.63) is 65.5 Å². The Labute approximate surface area is 176 Å². The van der Waals surface area contributed by atoms with Crippen LogP contribution in [0.15, 0.2) is 48.7 Å². The maximum absolute atomic E-state index is 12.9. The van der Waals surface area contributed by atoms with Crippen molar-refractivity contribution >= 4 is 22.6 Å². The Morgan fingerprint density at radius 1 is 1.16 bits per heavy atom. The van der Waals surface area contributed by atoms with E-state index in [1.54, 1.807) is 29.2 Å². The predicted molar refractivity (Wildman–Crippen MR) is 108 cm³/mol. The number of hydrogen-bond donors (Lipinski definition) is 1. The number of anilines is 1. The molecule has 158 valence electrons. The van der Waals surface area contributed by atoms with Crippen LogP contribution in [0.2, 0.25) is 0 Å². The van der Waals surface area contributed by atoms with E-state index in [-0.39, 0.29) is 17.5 Å². The molecule has 0 atom stereocenters. The Hall–Kier alpha value is -3.67. The van der Waals surface area contributed by atoms with E-state index < -0.39 is 11.9 Å². The number of nitrogens with one attached hydrogen (secondary N) is 1. The van der Waals surface area contributed by atoms with Crippen LogP contribution in [0.3, 0.4) is 0 Å². The Bertz CT molecular complexity index is 1160. The van der Waals surface area contributed by atoms with Gasteiger partial charge in [-0.1, -0.05) is 6.07 Å². The van der Waals surface area contributed by atoms with Gasteiger partial charge in [-0.2, -0.15) is 18.4 Å². The molecule has 3 heterocycles. The smallest absolute Gasteiger partial charge is 0.367 e. The third-order valence-corrected chi connectivity index (χ3v) is 5.27. The van der Waals surface area contributed by atoms with Crippen molar-refractivity contribution in [2.45, 2.75) is 25.1 Å². The summed E-state index contributed by atoms with van der Waals surface area (Å²) in [7, 11) is 0. The highest BCUT2D eigenvalue weighted by molar-refractivity contribution is 5.94. The molecule has 1 aliphatic rings. The quantitative estimate of drug-likeness (QED) is 0.679. The lowest BCUT2D eigenvalue weighted by Crippen LogP contribution is -2.42. The highest BCUT2D eigenvalue weighted by Gasteiger charge is 2.32. The zero-order chi connectivity index (χ0) is 22.0. The van der Waals surface area contributed by atoms with E-state index >= 15 is 0 Å². The standard InChI is InChI=1S/C22H18F3N5O/c23-22(24,25)19-5-4-17-18(29-19)6-9-27-20(17)28-16-7-10-30(11-8-16)21(31)15-3-1-2-14(12-15)13-26/h1-6,9,12,16H,7-8,10-11H2,(H,27,28). The van der Waals surface area contributed by atoms with Crippen LogP contribution in [-0.2, 0) is 6.18 Å². The number of carbonyl (C=O) groups is 1. The number of alkyl halides is 3. The molecular weight excluding hydrogens is 407 g/mol. The number of hydrogen-bond acceptors (Lipinski definition) is 5. The SMILES string of the molecule is N#Cc1cccc(C(=O)N2CCC(Nc3nccc4nc(C(F)(F)F)ccc34)CC2)c1. The lowest BCUT2D eigenvalue weighted by Gasteiger charge is -2.33.